The molecular weight excluding hydrogens is 566 g/mol. The molecular formula is C29H22BrN3O6. The van der Waals surface area contributed by atoms with Crippen LogP contribution in [0.2, 0.25) is 0 Å². The zero-order chi connectivity index (χ0) is 27.5. The van der Waals surface area contributed by atoms with Gasteiger partial charge in [-0.25, -0.2) is 9.78 Å². The number of nitrogens with zero attached hydrogens (tertiary/aromatic N) is 3. The smallest absolute Gasteiger partial charge is 0.341 e. The van der Waals surface area contributed by atoms with E-state index in [1.165, 1.54) is 18.0 Å². The Morgan fingerprint density at radius 3 is 2.79 bits per heavy atom. The first-order chi connectivity index (χ1) is 18.9. The Labute approximate surface area is 230 Å². The van der Waals surface area contributed by atoms with Crippen molar-refractivity contribution in [2.24, 2.45) is 5.10 Å². The average Bonchev–Trinajstić information content (AvgIpc) is 3.34. The highest BCUT2D eigenvalue weighted by atomic mass is 79.9. The van der Waals surface area contributed by atoms with Crippen molar-refractivity contribution in [3.63, 3.8) is 0 Å². The first-order valence-corrected chi connectivity index (χ1v) is 12.6. The molecule has 10 heteroatoms. The van der Waals surface area contributed by atoms with Gasteiger partial charge in [-0.15, -0.1) is 6.58 Å². The molecule has 0 amide bonds. The molecule has 1 N–H and O–H groups in total. The van der Waals surface area contributed by atoms with Crippen molar-refractivity contribution in [1.29, 1.82) is 0 Å². The summed E-state index contributed by atoms with van der Waals surface area (Å²) in [6.45, 7) is 3.24. The lowest BCUT2D eigenvalue weighted by atomic mass is 10.1. The highest BCUT2D eigenvalue weighted by Gasteiger charge is 2.18. The molecule has 0 spiro atoms. The third kappa shape index (κ3) is 5.32. The standard InChI is InChI=1S/C29H22BrN3O6/c1-3-6-18-11-17(12-24(37-2)27(18)38-16-26(34)35)15-31-33-28(32-22-8-5-4-7-21(22)29(33)36)25-14-19-13-20(30)9-10-23(19)39-25/h3-5,7-15H,1,6,16H2,2H3,(H,34,35). The second kappa shape index (κ2) is 11.0. The maximum atomic E-state index is 13.6. The van der Waals surface area contributed by atoms with Crippen LogP contribution in [0.4, 0.5) is 0 Å². The van der Waals surface area contributed by atoms with Crippen LogP contribution in [0.15, 0.2) is 92.1 Å². The number of ether oxygens (including phenoxy) is 2. The van der Waals surface area contributed by atoms with Gasteiger partial charge in [-0.05, 0) is 60.5 Å². The molecule has 0 atom stereocenters. The molecule has 0 saturated heterocycles. The first-order valence-electron chi connectivity index (χ1n) is 11.8. The third-order valence-corrected chi connectivity index (χ3v) is 6.35. The summed E-state index contributed by atoms with van der Waals surface area (Å²) in [7, 11) is 1.46. The summed E-state index contributed by atoms with van der Waals surface area (Å²) < 4.78 is 19.1. The molecule has 0 aliphatic rings. The van der Waals surface area contributed by atoms with Crippen molar-refractivity contribution < 1.29 is 23.8 Å². The number of aromatic nitrogens is 2. The number of carboxylic acid groups (broad SMARTS) is 1. The van der Waals surface area contributed by atoms with E-state index >= 15 is 0 Å². The summed E-state index contributed by atoms with van der Waals surface area (Å²) in [5.41, 5.74) is 2.03. The maximum absolute atomic E-state index is 13.6. The number of benzene rings is 3. The fourth-order valence-corrected chi connectivity index (χ4v) is 4.53. The number of para-hydroxylation sites is 1. The summed E-state index contributed by atoms with van der Waals surface area (Å²) in [5.74, 6) is 0.132. The van der Waals surface area contributed by atoms with Crippen molar-refractivity contribution in [2.45, 2.75) is 6.42 Å². The summed E-state index contributed by atoms with van der Waals surface area (Å²) >= 11 is 3.47. The van der Waals surface area contributed by atoms with Gasteiger partial charge in [0.2, 0.25) is 5.82 Å². The van der Waals surface area contributed by atoms with Gasteiger partial charge in [0.25, 0.3) is 5.56 Å². The molecule has 2 aromatic heterocycles. The maximum Gasteiger partial charge on any atom is 0.341 e. The first kappa shape index (κ1) is 25.9. The summed E-state index contributed by atoms with van der Waals surface area (Å²) in [6.07, 6.45) is 3.56. The van der Waals surface area contributed by atoms with Crippen LogP contribution >= 0.6 is 15.9 Å². The minimum Gasteiger partial charge on any atom is -0.493 e. The van der Waals surface area contributed by atoms with E-state index in [2.05, 4.69) is 27.6 Å². The van der Waals surface area contributed by atoms with Crippen molar-refractivity contribution in [2.75, 3.05) is 13.7 Å². The third-order valence-electron chi connectivity index (χ3n) is 5.85. The van der Waals surface area contributed by atoms with Crippen LogP contribution < -0.4 is 15.0 Å². The van der Waals surface area contributed by atoms with Crippen molar-refractivity contribution in [3.05, 3.63) is 99.3 Å². The van der Waals surface area contributed by atoms with Gasteiger partial charge in [0.05, 0.1) is 24.2 Å². The SMILES string of the molecule is C=CCc1cc(C=Nn2c(-c3cc4cc(Br)ccc4o3)nc3ccccc3c2=O)cc(OC)c1OCC(=O)O. The second-order valence-corrected chi connectivity index (χ2v) is 9.41. The zero-order valence-electron chi connectivity index (χ0n) is 20.8. The van der Waals surface area contributed by atoms with Crippen LogP contribution in [0.25, 0.3) is 33.5 Å². The van der Waals surface area contributed by atoms with Crippen LogP contribution in [-0.4, -0.2) is 40.7 Å². The van der Waals surface area contributed by atoms with E-state index in [0.717, 1.165) is 9.86 Å². The number of aliphatic carboxylic acids is 1. The molecule has 0 saturated carbocycles. The van der Waals surface area contributed by atoms with Gasteiger partial charge in [0, 0.05) is 15.4 Å². The molecule has 0 fully saturated rings. The predicted molar refractivity (Wildman–Crippen MR) is 152 cm³/mol. The molecule has 0 unspecified atom stereocenters. The van der Waals surface area contributed by atoms with E-state index in [0.29, 0.717) is 51.3 Å². The van der Waals surface area contributed by atoms with Crippen molar-refractivity contribution >= 4 is 50.0 Å². The Hall–Kier alpha value is -4.70. The number of rotatable bonds is 9. The van der Waals surface area contributed by atoms with E-state index in [9.17, 15) is 9.59 Å². The van der Waals surface area contributed by atoms with Gasteiger partial charge in [-0.3, -0.25) is 4.79 Å². The van der Waals surface area contributed by atoms with Gasteiger partial charge in [-0.2, -0.15) is 9.78 Å². The molecule has 0 aliphatic carbocycles. The Morgan fingerprint density at radius 1 is 1.21 bits per heavy atom. The Kier molecular flexibility index (Phi) is 7.29. The molecule has 2 heterocycles. The van der Waals surface area contributed by atoms with Crippen LogP contribution in [-0.2, 0) is 11.2 Å². The van der Waals surface area contributed by atoms with Crippen molar-refractivity contribution in [3.8, 4) is 23.1 Å². The fraction of sp³-hybridized carbons (Fsp3) is 0.103. The highest BCUT2D eigenvalue weighted by molar-refractivity contribution is 9.10. The van der Waals surface area contributed by atoms with Crippen molar-refractivity contribution in [1.82, 2.24) is 9.66 Å². The molecule has 39 heavy (non-hydrogen) atoms. The van der Waals surface area contributed by atoms with E-state index < -0.39 is 12.6 Å². The topological polar surface area (TPSA) is 116 Å². The zero-order valence-corrected chi connectivity index (χ0v) is 22.3. The van der Waals surface area contributed by atoms with Gasteiger partial charge < -0.3 is 19.0 Å². The van der Waals surface area contributed by atoms with Gasteiger partial charge in [0.15, 0.2) is 23.9 Å². The second-order valence-electron chi connectivity index (χ2n) is 8.49. The predicted octanol–water partition coefficient (Wildman–Crippen LogP) is 5.65. The summed E-state index contributed by atoms with van der Waals surface area (Å²) in [5, 5.41) is 14.8. The van der Waals surface area contributed by atoms with Crippen LogP contribution in [0, 0.1) is 0 Å². The van der Waals surface area contributed by atoms with E-state index in [4.69, 9.17) is 24.0 Å². The molecule has 0 bridgehead atoms. The Bertz CT molecular complexity index is 1820. The van der Waals surface area contributed by atoms with Crippen LogP contribution in [0.3, 0.4) is 0 Å². The fourth-order valence-electron chi connectivity index (χ4n) is 4.15. The number of halogens is 1. The number of fused-ring (bicyclic) bond motifs is 2. The van der Waals surface area contributed by atoms with Gasteiger partial charge in [0.1, 0.15) is 5.58 Å². The van der Waals surface area contributed by atoms with E-state index in [1.807, 2.05) is 30.3 Å². The number of allylic oxidation sites excluding steroid dienone is 1. The van der Waals surface area contributed by atoms with E-state index in [1.54, 1.807) is 36.4 Å². The lowest BCUT2D eigenvalue weighted by Crippen LogP contribution is -2.20. The minimum absolute atomic E-state index is 0.238. The van der Waals surface area contributed by atoms with Crippen LogP contribution in [0.1, 0.15) is 11.1 Å². The minimum atomic E-state index is -1.11. The number of carboxylic acids is 1. The van der Waals surface area contributed by atoms with E-state index in [-0.39, 0.29) is 11.4 Å². The largest absolute Gasteiger partial charge is 0.493 e. The Morgan fingerprint density at radius 2 is 2.03 bits per heavy atom. The molecule has 5 rings (SSSR count). The molecule has 0 aliphatic heterocycles. The molecule has 196 valence electrons. The number of hydrogen-bond acceptors (Lipinski definition) is 7. The molecule has 3 aromatic carbocycles. The molecule has 0 radical (unpaired) electrons. The Balaban J connectivity index is 1.65. The quantitative estimate of drug-likeness (QED) is 0.175. The number of hydrogen-bond donors (Lipinski definition) is 1. The number of carbonyl (C=O) groups is 1. The van der Waals surface area contributed by atoms with Gasteiger partial charge >= 0.3 is 5.97 Å². The van der Waals surface area contributed by atoms with Crippen LogP contribution in [0.5, 0.6) is 11.5 Å². The molecule has 5 aromatic rings. The number of furan rings is 1. The lowest BCUT2D eigenvalue weighted by molar-refractivity contribution is -0.139. The normalized spacial score (nSPS) is 11.3. The van der Waals surface area contributed by atoms with Gasteiger partial charge in [-0.1, -0.05) is 34.1 Å². The molecule has 9 nitrogen and oxygen atoms in total. The monoisotopic (exact) mass is 587 g/mol. The lowest BCUT2D eigenvalue weighted by Gasteiger charge is -2.14. The summed E-state index contributed by atoms with van der Waals surface area (Å²) in [4.78, 5) is 29.3. The average molecular weight is 588 g/mol. The number of methoxy groups -OCH3 is 1. The summed E-state index contributed by atoms with van der Waals surface area (Å²) in [6, 6.07) is 17.9. The highest BCUT2D eigenvalue weighted by Crippen LogP contribution is 2.33.